The van der Waals surface area contributed by atoms with Crippen LogP contribution in [0.2, 0.25) is 18.1 Å². The fraction of sp³-hybridized carbons (Fsp3) is 0.700. The maximum atomic E-state index is 13.7. The molecule has 0 bridgehead atoms. The predicted octanol–water partition coefficient (Wildman–Crippen LogP) is 5.29. The lowest BCUT2D eigenvalue weighted by atomic mass is 10.1. The largest absolute Gasteiger partial charge is 0.444 e. The fourth-order valence-corrected chi connectivity index (χ4v) is 4.28. The zero-order valence-corrected chi connectivity index (χ0v) is 18.8. The Morgan fingerprint density at radius 3 is 2.37 bits per heavy atom. The van der Waals surface area contributed by atoms with Crippen molar-refractivity contribution in [2.75, 3.05) is 6.54 Å². The van der Waals surface area contributed by atoms with Gasteiger partial charge in [-0.2, -0.15) is 0 Å². The van der Waals surface area contributed by atoms with E-state index in [0.717, 1.165) is 0 Å². The second-order valence-electron chi connectivity index (χ2n) is 9.82. The number of hydrogen-bond donors (Lipinski definition) is 0. The Morgan fingerprint density at radius 2 is 1.85 bits per heavy atom. The lowest BCUT2D eigenvalue weighted by molar-refractivity contribution is 0.0208. The zero-order chi connectivity index (χ0) is 20.6. The lowest BCUT2D eigenvalue weighted by Crippen LogP contribution is -2.45. The second kappa shape index (κ2) is 7.51. The smallest absolute Gasteiger partial charge is 0.410 e. The Balaban J connectivity index is 2.27. The number of likely N-dealkylation sites (tertiary alicyclic amines) is 1. The summed E-state index contributed by atoms with van der Waals surface area (Å²) in [6.45, 7) is 16.9. The van der Waals surface area contributed by atoms with Crippen LogP contribution in [0, 0.1) is 5.82 Å². The highest BCUT2D eigenvalue weighted by atomic mass is 28.4. The van der Waals surface area contributed by atoms with Crippen molar-refractivity contribution in [3.8, 4) is 0 Å². The van der Waals surface area contributed by atoms with Crippen LogP contribution >= 0.6 is 0 Å². The van der Waals surface area contributed by atoms with Crippen LogP contribution < -0.4 is 0 Å². The molecule has 1 aliphatic rings. The molecule has 0 aromatic carbocycles. The van der Waals surface area contributed by atoms with Crippen LogP contribution in [-0.2, 0) is 9.16 Å². The summed E-state index contributed by atoms with van der Waals surface area (Å²) in [5, 5.41) is 0.0717. The molecule has 1 aromatic rings. The molecule has 2 atom stereocenters. The number of halogens is 1. The summed E-state index contributed by atoms with van der Waals surface area (Å²) in [7, 11) is -1.99. The van der Waals surface area contributed by atoms with E-state index in [0.29, 0.717) is 18.5 Å². The molecule has 1 saturated heterocycles. The number of pyridine rings is 1. The van der Waals surface area contributed by atoms with Crippen LogP contribution in [0.25, 0.3) is 0 Å². The van der Waals surface area contributed by atoms with Gasteiger partial charge in [0.25, 0.3) is 0 Å². The van der Waals surface area contributed by atoms with E-state index in [-0.39, 0.29) is 17.2 Å². The topological polar surface area (TPSA) is 51.7 Å². The van der Waals surface area contributed by atoms with Crippen molar-refractivity contribution in [2.24, 2.45) is 0 Å². The molecule has 27 heavy (non-hydrogen) atoms. The van der Waals surface area contributed by atoms with Crippen LogP contribution in [0.1, 0.15) is 59.6 Å². The molecule has 7 heteroatoms. The summed E-state index contributed by atoms with van der Waals surface area (Å²) in [5.74, 6) is -0.412. The van der Waals surface area contributed by atoms with Gasteiger partial charge in [-0.15, -0.1) is 0 Å². The molecule has 0 aliphatic carbocycles. The maximum Gasteiger partial charge on any atom is 0.410 e. The van der Waals surface area contributed by atoms with Gasteiger partial charge in [0, 0.05) is 12.7 Å². The Hall–Kier alpha value is -1.47. The number of hydrogen-bond acceptors (Lipinski definition) is 4. The molecule has 1 aliphatic heterocycles. The molecule has 0 radical (unpaired) electrons. The lowest BCUT2D eigenvalue weighted by Gasteiger charge is -2.38. The van der Waals surface area contributed by atoms with Gasteiger partial charge in [0.1, 0.15) is 11.4 Å². The van der Waals surface area contributed by atoms with Gasteiger partial charge in [-0.1, -0.05) is 20.8 Å². The van der Waals surface area contributed by atoms with Crippen molar-refractivity contribution in [3.63, 3.8) is 0 Å². The van der Waals surface area contributed by atoms with Gasteiger partial charge in [-0.3, -0.25) is 9.88 Å². The SMILES string of the molecule is CC(C)(C)OC(=O)N1C[C@H](O[Si](C)(C)C(C)(C)C)C[C@@H]1c1cncc(F)c1. The van der Waals surface area contributed by atoms with Gasteiger partial charge in [0.2, 0.25) is 0 Å². The number of carbonyl (C=O) groups excluding carboxylic acids is 1. The van der Waals surface area contributed by atoms with Gasteiger partial charge in [-0.25, -0.2) is 9.18 Å². The van der Waals surface area contributed by atoms with Gasteiger partial charge < -0.3 is 9.16 Å². The first-order valence-electron chi connectivity index (χ1n) is 9.47. The minimum atomic E-state index is -1.99. The molecule has 1 fully saturated rings. The standard InChI is InChI=1S/C20H33FN2O3Si/c1-19(2,3)25-18(24)23-13-16(26-27(7,8)20(4,5)6)10-17(23)14-9-15(21)12-22-11-14/h9,11-12,16-17H,10,13H2,1-8H3/t16-,17-/m1/s1. The van der Waals surface area contributed by atoms with E-state index in [4.69, 9.17) is 9.16 Å². The summed E-state index contributed by atoms with van der Waals surface area (Å²) >= 11 is 0. The molecule has 0 spiro atoms. The Bertz CT molecular complexity index is 683. The first kappa shape index (κ1) is 21.8. The minimum absolute atomic E-state index is 0.0717. The van der Waals surface area contributed by atoms with Crippen molar-refractivity contribution in [2.45, 2.75) is 83.8 Å². The van der Waals surface area contributed by atoms with E-state index < -0.39 is 25.8 Å². The van der Waals surface area contributed by atoms with E-state index in [1.54, 1.807) is 11.1 Å². The average molecular weight is 397 g/mol. The quantitative estimate of drug-likeness (QED) is 0.651. The summed E-state index contributed by atoms with van der Waals surface area (Å²) in [6.07, 6.45) is 2.88. The molecular weight excluding hydrogens is 363 g/mol. The van der Waals surface area contributed by atoms with E-state index in [9.17, 15) is 9.18 Å². The molecule has 5 nitrogen and oxygen atoms in total. The van der Waals surface area contributed by atoms with Crippen molar-refractivity contribution in [1.29, 1.82) is 0 Å². The highest BCUT2D eigenvalue weighted by Gasteiger charge is 2.45. The van der Waals surface area contributed by atoms with Crippen LogP contribution in [0.15, 0.2) is 18.5 Å². The molecule has 2 rings (SSSR count). The Morgan fingerprint density at radius 1 is 1.22 bits per heavy atom. The second-order valence-corrected chi connectivity index (χ2v) is 14.6. The summed E-state index contributed by atoms with van der Waals surface area (Å²) in [4.78, 5) is 18.4. The molecule has 0 saturated carbocycles. The predicted molar refractivity (Wildman–Crippen MR) is 107 cm³/mol. The third kappa shape index (κ3) is 5.51. The van der Waals surface area contributed by atoms with Crippen LogP contribution in [0.3, 0.4) is 0 Å². The summed E-state index contributed by atoms with van der Waals surface area (Å²) in [5.41, 5.74) is 0.0717. The third-order valence-electron chi connectivity index (χ3n) is 5.27. The third-order valence-corrected chi connectivity index (χ3v) is 9.80. The summed E-state index contributed by atoms with van der Waals surface area (Å²) in [6, 6.07) is 1.13. The van der Waals surface area contributed by atoms with Crippen LogP contribution in [0.5, 0.6) is 0 Å². The normalized spacial score (nSPS) is 21.4. The first-order valence-corrected chi connectivity index (χ1v) is 12.4. The molecular formula is C20H33FN2O3Si. The van der Waals surface area contributed by atoms with Crippen LogP contribution in [-0.4, -0.2) is 42.5 Å². The molecule has 2 heterocycles. The minimum Gasteiger partial charge on any atom is -0.444 e. The van der Waals surface area contributed by atoms with Crippen LogP contribution in [0.4, 0.5) is 9.18 Å². The summed E-state index contributed by atoms with van der Waals surface area (Å²) < 4.78 is 25.8. The van der Waals surface area contributed by atoms with Crippen molar-refractivity contribution in [3.05, 3.63) is 29.8 Å². The van der Waals surface area contributed by atoms with E-state index in [2.05, 4.69) is 38.8 Å². The van der Waals surface area contributed by atoms with Gasteiger partial charge >= 0.3 is 6.09 Å². The first-order chi connectivity index (χ1) is 12.2. The van der Waals surface area contributed by atoms with E-state index in [1.807, 2.05) is 20.8 Å². The number of rotatable bonds is 3. The maximum absolute atomic E-state index is 13.7. The average Bonchev–Trinajstić information content (AvgIpc) is 2.87. The van der Waals surface area contributed by atoms with E-state index in [1.165, 1.54) is 12.3 Å². The number of aromatic nitrogens is 1. The van der Waals surface area contributed by atoms with Crippen molar-refractivity contribution >= 4 is 14.4 Å². The molecule has 0 unspecified atom stereocenters. The number of nitrogens with zero attached hydrogens (tertiary/aromatic N) is 2. The zero-order valence-electron chi connectivity index (χ0n) is 17.8. The highest BCUT2D eigenvalue weighted by molar-refractivity contribution is 6.74. The van der Waals surface area contributed by atoms with Gasteiger partial charge in [0.05, 0.1) is 18.3 Å². The fourth-order valence-electron chi connectivity index (χ4n) is 2.93. The number of ether oxygens (including phenoxy) is 1. The van der Waals surface area contributed by atoms with Gasteiger partial charge in [-0.05, 0) is 57.0 Å². The monoisotopic (exact) mass is 396 g/mol. The Kier molecular flexibility index (Phi) is 6.07. The number of amides is 1. The van der Waals surface area contributed by atoms with Crippen molar-refractivity contribution in [1.82, 2.24) is 9.88 Å². The number of carbonyl (C=O) groups is 1. The molecule has 1 amide bonds. The van der Waals surface area contributed by atoms with E-state index >= 15 is 0 Å². The highest BCUT2D eigenvalue weighted by Crippen LogP contribution is 2.41. The molecule has 152 valence electrons. The Labute approximate surface area is 163 Å². The molecule has 1 aromatic heterocycles. The van der Waals surface area contributed by atoms with Gasteiger partial charge in [0.15, 0.2) is 8.32 Å². The molecule has 0 N–H and O–H groups in total. The van der Waals surface area contributed by atoms with Crippen molar-refractivity contribution < 1.29 is 18.3 Å².